The Labute approximate surface area is 169 Å². The van der Waals surface area contributed by atoms with Crippen LogP contribution in [0.1, 0.15) is 86.0 Å². The molecule has 1 aromatic heterocycles. The lowest BCUT2D eigenvalue weighted by atomic mass is 9.85. The Kier molecular flexibility index (Phi) is 6.39. The van der Waals surface area contributed by atoms with Crippen LogP contribution in [0.4, 0.5) is 13.2 Å². The zero-order valence-electron chi connectivity index (χ0n) is 16.9. The first kappa shape index (κ1) is 21.5. The van der Waals surface area contributed by atoms with Crippen LogP contribution in [0.2, 0.25) is 0 Å². The number of nitrogens with zero attached hydrogens (tertiary/aromatic N) is 1. The zero-order chi connectivity index (χ0) is 21.2. The number of benzene rings is 1. The van der Waals surface area contributed by atoms with Gasteiger partial charge in [0.05, 0.1) is 18.0 Å². The fourth-order valence-electron chi connectivity index (χ4n) is 4.65. The molecule has 2 aromatic rings. The third-order valence-electron chi connectivity index (χ3n) is 5.90. The van der Waals surface area contributed by atoms with Crippen molar-refractivity contribution in [2.24, 2.45) is 0 Å². The number of carboxylic acids is 1. The quantitative estimate of drug-likeness (QED) is 0.581. The van der Waals surface area contributed by atoms with E-state index in [4.69, 9.17) is 0 Å². The third-order valence-corrected chi connectivity index (χ3v) is 5.90. The lowest BCUT2D eigenvalue weighted by Gasteiger charge is -2.30. The predicted octanol–water partition coefficient (Wildman–Crippen LogP) is 6.35. The van der Waals surface area contributed by atoms with E-state index in [0.29, 0.717) is 0 Å². The number of aromatic nitrogens is 1. The Morgan fingerprint density at radius 1 is 1.24 bits per heavy atom. The number of alkyl halides is 3. The summed E-state index contributed by atoms with van der Waals surface area (Å²) in [4.78, 5) is 11.4. The molecule has 29 heavy (non-hydrogen) atoms. The van der Waals surface area contributed by atoms with Gasteiger partial charge in [-0.15, -0.1) is 0 Å². The minimum atomic E-state index is -4.35. The van der Waals surface area contributed by atoms with E-state index in [1.165, 1.54) is 5.56 Å². The number of fused-ring (bicyclic) bond motifs is 1. The van der Waals surface area contributed by atoms with Crippen LogP contribution in [0.5, 0.6) is 0 Å². The second-order valence-corrected chi connectivity index (χ2v) is 7.88. The van der Waals surface area contributed by atoms with Gasteiger partial charge in [0.1, 0.15) is 0 Å². The molecule has 0 saturated heterocycles. The van der Waals surface area contributed by atoms with Crippen molar-refractivity contribution < 1.29 is 23.1 Å². The zero-order valence-corrected chi connectivity index (χ0v) is 16.9. The molecule has 6 heteroatoms. The average Bonchev–Trinajstić information content (AvgIpc) is 3.04. The van der Waals surface area contributed by atoms with Crippen molar-refractivity contribution in [1.29, 1.82) is 0 Å². The first-order valence-corrected chi connectivity index (χ1v) is 10.4. The molecule has 1 aliphatic carbocycles. The molecule has 158 valence electrons. The van der Waals surface area contributed by atoms with Gasteiger partial charge in [-0.25, -0.2) is 0 Å². The fourth-order valence-corrected chi connectivity index (χ4v) is 4.65. The van der Waals surface area contributed by atoms with Gasteiger partial charge in [0.25, 0.3) is 0 Å². The number of carboxylic acid groups (broad SMARTS) is 1. The summed E-state index contributed by atoms with van der Waals surface area (Å²) in [5, 5.41) is 9.40. The van der Waals surface area contributed by atoms with Gasteiger partial charge in [-0.2, -0.15) is 13.2 Å². The topological polar surface area (TPSA) is 42.2 Å². The molecule has 0 spiro atoms. The van der Waals surface area contributed by atoms with Crippen molar-refractivity contribution in [1.82, 2.24) is 4.57 Å². The summed E-state index contributed by atoms with van der Waals surface area (Å²) in [7, 11) is 0. The van der Waals surface area contributed by atoms with Crippen LogP contribution < -0.4 is 0 Å². The molecular formula is C23H28F3NO2. The number of halogens is 3. The highest BCUT2D eigenvalue weighted by Gasteiger charge is 2.32. The van der Waals surface area contributed by atoms with Crippen molar-refractivity contribution in [2.75, 3.05) is 0 Å². The van der Waals surface area contributed by atoms with Crippen molar-refractivity contribution in [3.63, 3.8) is 0 Å². The molecule has 0 fully saturated rings. The average molecular weight is 407 g/mol. The lowest BCUT2D eigenvalue weighted by molar-refractivity contribution is -0.138. The maximum absolute atomic E-state index is 13.0. The van der Waals surface area contributed by atoms with Gasteiger partial charge in [-0.1, -0.05) is 32.4 Å². The van der Waals surface area contributed by atoms with E-state index < -0.39 is 17.7 Å². The molecule has 0 bridgehead atoms. The minimum absolute atomic E-state index is 0.0506. The number of aliphatic carboxylic acids is 1. The smallest absolute Gasteiger partial charge is 0.416 e. The summed E-state index contributed by atoms with van der Waals surface area (Å²) >= 11 is 0. The van der Waals surface area contributed by atoms with Crippen LogP contribution in [-0.2, 0) is 23.8 Å². The van der Waals surface area contributed by atoms with Gasteiger partial charge < -0.3 is 9.67 Å². The predicted molar refractivity (Wildman–Crippen MR) is 106 cm³/mol. The number of hydrogen-bond donors (Lipinski definition) is 1. The summed E-state index contributed by atoms with van der Waals surface area (Å²) in [6.07, 6.45) is 0.934. The van der Waals surface area contributed by atoms with Gasteiger partial charge in [0.15, 0.2) is 0 Å². The van der Waals surface area contributed by atoms with Gasteiger partial charge in [0, 0.05) is 17.3 Å². The fraction of sp³-hybridized carbons (Fsp3) is 0.522. The Balaban J connectivity index is 2.10. The van der Waals surface area contributed by atoms with Gasteiger partial charge in [-0.05, 0) is 61.4 Å². The normalized spacial score (nSPS) is 17.8. The number of carbonyl (C=O) groups is 1. The molecule has 2 atom stereocenters. The van der Waals surface area contributed by atoms with Gasteiger partial charge in [-0.3, -0.25) is 4.79 Å². The van der Waals surface area contributed by atoms with E-state index in [0.717, 1.165) is 67.6 Å². The standard InChI is InChI=1S/C23H28F3NO2/c1-3-6-20(15-9-11-18(12-10-15)23(24,25)26)27-19(4-2)13-16-7-5-8-17(22(16)27)14-21(28)29/h9-13,17,20H,3-8,14H2,1-2H3,(H,28,29). The molecular weight excluding hydrogens is 379 g/mol. The van der Waals surface area contributed by atoms with Crippen molar-refractivity contribution in [3.05, 3.63) is 58.4 Å². The highest BCUT2D eigenvalue weighted by molar-refractivity contribution is 5.68. The van der Waals surface area contributed by atoms with Crippen molar-refractivity contribution in [2.45, 2.75) is 76.9 Å². The minimum Gasteiger partial charge on any atom is -0.481 e. The maximum atomic E-state index is 13.0. The second-order valence-electron chi connectivity index (χ2n) is 7.88. The van der Waals surface area contributed by atoms with E-state index >= 15 is 0 Å². The molecule has 0 saturated carbocycles. The lowest BCUT2D eigenvalue weighted by Crippen LogP contribution is -2.22. The second kappa shape index (κ2) is 8.64. The highest BCUT2D eigenvalue weighted by Crippen LogP contribution is 2.41. The van der Waals surface area contributed by atoms with Crippen LogP contribution in [-0.4, -0.2) is 15.6 Å². The summed E-state index contributed by atoms with van der Waals surface area (Å²) in [5.41, 5.74) is 3.60. The Morgan fingerprint density at radius 3 is 2.48 bits per heavy atom. The van der Waals surface area contributed by atoms with Crippen molar-refractivity contribution in [3.8, 4) is 0 Å². The van der Waals surface area contributed by atoms with E-state index in [9.17, 15) is 23.1 Å². The number of hydrogen-bond acceptors (Lipinski definition) is 1. The monoisotopic (exact) mass is 407 g/mol. The first-order chi connectivity index (χ1) is 13.8. The molecule has 1 aromatic carbocycles. The number of aryl methyl sites for hydroxylation is 2. The molecule has 3 nitrogen and oxygen atoms in total. The summed E-state index contributed by atoms with van der Waals surface area (Å²) < 4.78 is 41.2. The summed E-state index contributed by atoms with van der Waals surface area (Å²) in [6, 6.07) is 7.53. The molecule has 3 rings (SSSR count). The van der Waals surface area contributed by atoms with Crippen LogP contribution in [0.3, 0.4) is 0 Å². The van der Waals surface area contributed by atoms with E-state index in [1.54, 1.807) is 12.1 Å². The van der Waals surface area contributed by atoms with Crippen LogP contribution in [0.15, 0.2) is 30.3 Å². The third kappa shape index (κ3) is 4.51. The first-order valence-electron chi connectivity index (χ1n) is 10.4. The van der Waals surface area contributed by atoms with Crippen molar-refractivity contribution >= 4 is 5.97 Å². The summed E-state index contributed by atoms with van der Waals surface area (Å²) in [5.74, 6) is -0.861. The maximum Gasteiger partial charge on any atom is 0.416 e. The van der Waals surface area contributed by atoms with Crippen LogP contribution in [0.25, 0.3) is 0 Å². The van der Waals surface area contributed by atoms with Crippen LogP contribution in [0, 0.1) is 0 Å². The van der Waals surface area contributed by atoms with E-state index in [-0.39, 0.29) is 18.4 Å². The van der Waals surface area contributed by atoms with E-state index in [2.05, 4.69) is 24.5 Å². The molecule has 0 aliphatic heterocycles. The van der Waals surface area contributed by atoms with Gasteiger partial charge >= 0.3 is 12.1 Å². The molecule has 0 amide bonds. The Bertz CT molecular complexity index is 852. The Hall–Kier alpha value is -2.24. The molecule has 1 aliphatic rings. The molecule has 2 unspecified atom stereocenters. The SMILES string of the molecule is CCCC(c1ccc(C(F)(F)F)cc1)n1c(CC)cc2c1C(CC(=O)O)CCC2. The molecule has 0 radical (unpaired) electrons. The molecule has 1 heterocycles. The van der Waals surface area contributed by atoms with Crippen LogP contribution >= 0.6 is 0 Å². The van der Waals surface area contributed by atoms with E-state index in [1.807, 2.05) is 0 Å². The van der Waals surface area contributed by atoms with Gasteiger partial charge in [0.2, 0.25) is 0 Å². The molecule has 1 N–H and O–H groups in total. The highest BCUT2D eigenvalue weighted by atomic mass is 19.4. The Morgan fingerprint density at radius 2 is 1.93 bits per heavy atom. The number of rotatable bonds is 7. The summed E-state index contributed by atoms with van der Waals surface area (Å²) in [6.45, 7) is 4.13. The largest absolute Gasteiger partial charge is 0.481 e.